The molecule has 0 aromatic carbocycles. The van der Waals surface area contributed by atoms with Crippen molar-refractivity contribution < 1.29 is 9.21 Å². The van der Waals surface area contributed by atoms with Gasteiger partial charge >= 0.3 is 0 Å². The molecule has 1 aromatic rings. The number of halogens is 1. The number of isocyanates is 1. The summed E-state index contributed by atoms with van der Waals surface area (Å²) in [7, 11) is 0. The van der Waals surface area contributed by atoms with Crippen molar-refractivity contribution in [1.82, 2.24) is 0 Å². The third kappa shape index (κ3) is 1.76. The lowest BCUT2D eigenvalue weighted by Crippen LogP contribution is -2.11. The lowest BCUT2D eigenvalue weighted by atomic mass is 10.0. The summed E-state index contributed by atoms with van der Waals surface area (Å²) in [6.07, 6.45) is 1.49. The van der Waals surface area contributed by atoms with Crippen molar-refractivity contribution in [3.05, 3.63) is 23.1 Å². The van der Waals surface area contributed by atoms with Crippen molar-refractivity contribution in [3.63, 3.8) is 0 Å². The van der Waals surface area contributed by atoms with Gasteiger partial charge in [-0.15, -0.1) is 0 Å². The number of rotatable bonds is 2. The summed E-state index contributed by atoms with van der Waals surface area (Å²) in [5.74, 6) is 0.552. The Hall–Kier alpha value is -1.05. The summed E-state index contributed by atoms with van der Waals surface area (Å²) < 4.78 is 5.09. The van der Waals surface area contributed by atoms with Crippen molar-refractivity contribution in [1.29, 1.82) is 0 Å². The molecule has 0 aliphatic heterocycles. The molecule has 12 heavy (non-hydrogen) atoms. The maximum Gasteiger partial charge on any atom is 0.235 e. The molecule has 0 N–H and O–H groups in total. The van der Waals surface area contributed by atoms with Crippen molar-refractivity contribution in [2.45, 2.75) is 19.4 Å². The van der Waals surface area contributed by atoms with Crippen molar-refractivity contribution >= 4 is 17.7 Å². The molecule has 3 nitrogen and oxygen atoms in total. The molecule has 0 radical (unpaired) electrons. The first-order valence-electron chi connectivity index (χ1n) is 3.41. The first-order chi connectivity index (χ1) is 5.56. The second kappa shape index (κ2) is 3.13. The first kappa shape index (κ1) is 9.04. The highest BCUT2D eigenvalue weighted by molar-refractivity contribution is 6.28. The monoisotopic (exact) mass is 185 g/mol. The van der Waals surface area contributed by atoms with Crippen LogP contribution in [0.25, 0.3) is 0 Å². The summed E-state index contributed by atoms with van der Waals surface area (Å²) >= 11 is 5.56. The zero-order valence-electron chi connectivity index (χ0n) is 6.80. The van der Waals surface area contributed by atoms with Gasteiger partial charge in [-0.25, -0.2) is 4.79 Å². The standard InChI is InChI=1S/C8H8ClNO2/c1-8(2,10-5-11)6-3-4-7(9)12-6/h3-4H,1-2H3. The van der Waals surface area contributed by atoms with E-state index in [1.165, 1.54) is 6.08 Å². The average Bonchev–Trinajstić information content (AvgIpc) is 2.36. The molecule has 1 rings (SSSR count). The smallest absolute Gasteiger partial charge is 0.235 e. The second-order valence-corrected chi connectivity index (χ2v) is 3.24. The van der Waals surface area contributed by atoms with E-state index >= 15 is 0 Å². The fourth-order valence-corrected chi connectivity index (χ4v) is 0.958. The Balaban J connectivity index is 3.04. The van der Waals surface area contributed by atoms with Gasteiger partial charge in [0.2, 0.25) is 6.08 Å². The van der Waals surface area contributed by atoms with E-state index in [9.17, 15) is 4.79 Å². The van der Waals surface area contributed by atoms with Crippen LogP contribution in [-0.2, 0) is 10.3 Å². The van der Waals surface area contributed by atoms with E-state index in [0.717, 1.165) is 0 Å². The molecular formula is C8H8ClNO2. The predicted molar refractivity (Wildman–Crippen MR) is 44.9 cm³/mol. The fraction of sp³-hybridized carbons (Fsp3) is 0.375. The summed E-state index contributed by atoms with van der Waals surface area (Å²) in [6, 6.07) is 3.29. The molecule has 0 fully saturated rings. The molecule has 0 saturated heterocycles. The van der Waals surface area contributed by atoms with Crippen LogP contribution in [-0.4, -0.2) is 6.08 Å². The quantitative estimate of drug-likeness (QED) is 0.525. The van der Waals surface area contributed by atoms with Gasteiger partial charge < -0.3 is 4.42 Å². The Morgan fingerprint density at radius 2 is 2.25 bits per heavy atom. The van der Waals surface area contributed by atoms with E-state index in [0.29, 0.717) is 11.0 Å². The molecule has 0 amide bonds. The lowest BCUT2D eigenvalue weighted by molar-refractivity contribution is 0.395. The van der Waals surface area contributed by atoms with Gasteiger partial charge in [-0.3, -0.25) is 0 Å². The number of hydrogen-bond acceptors (Lipinski definition) is 3. The molecule has 64 valence electrons. The Morgan fingerprint density at radius 3 is 2.67 bits per heavy atom. The Labute approximate surface area is 75.0 Å². The minimum Gasteiger partial charge on any atom is -0.447 e. The van der Waals surface area contributed by atoms with Crippen molar-refractivity contribution in [3.8, 4) is 0 Å². The molecule has 1 heterocycles. The molecule has 4 heteroatoms. The van der Waals surface area contributed by atoms with Gasteiger partial charge in [0.15, 0.2) is 5.22 Å². The van der Waals surface area contributed by atoms with E-state index in [1.54, 1.807) is 26.0 Å². The Kier molecular flexibility index (Phi) is 2.36. The molecule has 0 unspecified atom stereocenters. The molecule has 0 spiro atoms. The van der Waals surface area contributed by atoms with Crippen LogP contribution in [0, 0.1) is 0 Å². The Morgan fingerprint density at radius 1 is 1.58 bits per heavy atom. The molecule has 0 aliphatic carbocycles. The van der Waals surface area contributed by atoms with Gasteiger partial charge in [0, 0.05) is 0 Å². The third-order valence-electron chi connectivity index (χ3n) is 1.50. The van der Waals surface area contributed by atoms with Crippen molar-refractivity contribution in [2.24, 2.45) is 4.99 Å². The van der Waals surface area contributed by atoms with Gasteiger partial charge in [-0.1, -0.05) is 0 Å². The largest absolute Gasteiger partial charge is 0.447 e. The summed E-state index contributed by atoms with van der Waals surface area (Å²) in [5, 5.41) is 0.291. The number of aliphatic imine (C=N–C) groups is 1. The highest BCUT2D eigenvalue weighted by Crippen LogP contribution is 2.27. The first-order valence-corrected chi connectivity index (χ1v) is 3.79. The maximum absolute atomic E-state index is 10.0. The number of carbonyl (C=O) groups excluding carboxylic acids is 1. The fourth-order valence-electron chi connectivity index (χ4n) is 0.812. The van der Waals surface area contributed by atoms with Crippen molar-refractivity contribution in [2.75, 3.05) is 0 Å². The highest BCUT2D eigenvalue weighted by atomic mass is 35.5. The number of nitrogens with zero attached hydrogens (tertiary/aromatic N) is 1. The maximum atomic E-state index is 10.0. The SMILES string of the molecule is CC(C)(N=C=O)c1ccc(Cl)o1. The minimum atomic E-state index is -0.686. The highest BCUT2D eigenvalue weighted by Gasteiger charge is 2.23. The van der Waals surface area contributed by atoms with E-state index < -0.39 is 5.54 Å². The van der Waals surface area contributed by atoms with Gasteiger partial charge in [0.1, 0.15) is 11.3 Å². The average molecular weight is 186 g/mol. The number of furan rings is 1. The van der Waals surface area contributed by atoms with Gasteiger partial charge in [-0.2, -0.15) is 4.99 Å². The van der Waals surface area contributed by atoms with E-state index in [4.69, 9.17) is 16.0 Å². The summed E-state index contributed by atoms with van der Waals surface area (Å²) in [5.41, 5.74) is -0.686. The normalized spacial score (nSPS) is 10.9. The molecule has 1 aromatic heterocycles. The van der Waals surface area contributed by atoms with Crippen LogP contribution in [0.3, 0.4) is 0 Å². The second-order valence-electron chi connectivity index (χ2n) is 2.87. The van der Waals surface area contributed by atoms with Crippen LogP contribution in [0.15, 0.2) is 21.5 Å². The van der Waals surface area contributed by atoms with Crippen LogP contribution in [0.4, 0.5) is 0 Å². The van der Waals surface area contributed by atoms with Gasteiger partial charge in [0.05, 0.1) is 0 Å². The van der Waals surface area contributed by atoms with Crippen LogP contribution >= 0.6 is 11.6 Å². The molecule has 0 atom stereocenters. The summed E-state index contributed by atoms with van der Waals surface area (Å²) in [6.45, 7) is 3.49. The molecular weight excluding hydrogens is 178 g/mol. The zero-order chi connectivity index (χ0) is 9.19. The van der Waals surface area contributed by atoms with Crippen LogP contribution < -0.4 is 0 Å². The van der Waals surface area contributed by atoms with E-state index in [2.05, 4.69) is 4.99 Å². The lowest BCUT2D eigenvalue weighted by Gasteiger charge is -2.12. The predicted octanol–water partition coefficient (Wildman–Crippen LogP) is 2.50. The van der Waals surface area contributed by atoms with E-state index in [-0.39, 0.29) is 0 Å². The van der Waals surface area contributed by atoms with E-state index in [1.807, 2.05) is 0 Å². The third-order valence-corrected chi connectivity index (χ3v) is 1.70. The molecule has 0 bridgehead atoms. The van der Waals surface area contributed by atoms with Crippen LogP contribution in [0.5, 0.6) is 0 Å². The topological polar surface area (TPSA) is 42.6 Å². The Bertz CT molecular complexity index is 324. The van der Waals surface area contributed by atoms with Crippen LogP contribution in [0.1, 0.15) is 19.6 Å². The van der Waals surface area contributed by atoms with Gasteiger partial charge in [-0.05, 0) is 37.6 Å². The molecule has 0 saturated carbocycles. The zero-order valence-corrected chi connectivity index (χ0v) is 7.55. The summed E-state index contributed by atoms with van der Waals surface area (Å²) in [4.78, 5) is 13.6. The number of hydrogen-bond donors (Lipinski definition) is 0. The van der Waals surface area contributed by atoms with Gasteiger partial charge in [0.25, 0.3) is 0 Å². The minimum absolute atomic E-state index is 0.291. The molecule has 0 aliphatic rings. The van der Waals surface area contributed by atoms with Crippen LogP contribution in [0.2, 0.25) is 5.22 Å².